The van der Waals surface area contributed by atoms with Crippen molar-refractivity contribution in [1.82, 2.24) is 4.90 Å². The fourth-order valence-electron chi connectivity index (χ4n) is 1.78. The zero-order valence-corrected chi connectivity index (χ0v) is 7.89. The summed E-state index contributed by atoms with van der Waals surface area (Å²) in [6, 6.07) is 0. The number of nitrogens with zero attached hydrogens (tertiary/aromatic N) is 1. The van der Waals surface area contributed by atoms with Gasteiger partial charge in [0.2, 0.25) is 0 Å². The van der Waals surface area contributed by atoms with E-state index < -0.39 is 0 Å². The molecular formula is C11H19N. The van der Waals surface area contributed by atoms with E-state index in [1.54, 1.807) is 0 Å². The Bertz CT molecular complexity index is 136. The van der Waals surface area contributed by atoms with E-state index in [0.29, 0.717) is 0 Å². The van der Waals surface area contributed by atoms with Crippen molar-refractivity contribution in [1.29, 1.82) is 0 Å². The number of hydrogen-bond acceptors (Lipinski definition) is 1. The van der Waals surface area contributed by atoms with Crippen LogP contribution < -0.4 is 0 Å². The van der Waals surface area contributed by atoms with Gasteiger partial charge in [-0.1, -0.05) is 31.6 Å². The summed E-state index contributed by atoms with van der Waals surface area (Å²) < 4.78 is 0. The highest BCUT2D eigenvalue weighted by Gasteiger charge is 2.04. The normalized spacial score (nSPS) is 21.9. The number of hydrogen-bond donors (Lipinski definition) is 0. The Kier molecular flexibility index (Phi) is 4.87. The SMILES string of the molecule is C#CCN1CCCCCCCC1. The Morgan fingerprint density at radius 3 is 1.92 bits per heavy atom. The largest absolute Gasteiger partial charge is 0.292 e. The first kappa shape index (κ1) is 9.61. The van der Waals surface area contributed by atoms with Gasteiger partial charge in [-0.3, -0.25) is 4.90 Å². The van der Waals surface area contributed by atoms with Gasteiger partial charge >= 0.3 is 0 Å². The molecule has 0 spiro atoms. The van der Waals surface area contributed by atoms with Crippen molar-refractivity contribution >= 4 is 0 Å². The third-order valence-electron chi connectivity index (χ3n) is 2.51. The molecule has 0 aliphatic carbocycles. The minimum absolute atomic E-state index is 0.847. The summed E-state index contributed by atoms with van der Waals surface area (Å²) in [6.07, 6.45) is 13.6. The van der Waals surface area contributed by atoms with Gasteiger partial charge in [-0.25, -0.2) is 0 Å². The maximum Gasteiger partial charge on any atom is 0.0598 e. The second kappa shape index (κ2) is 6.08. The van der Waals surface area contributed by atoms with Gasteiger partial charge in [-0.2, -0.15) is 0 Å². The topological polar surface area (TPSA) is 3.24 Å². The van der Waals surface area contributed by atoms with Crippen LogP contribution in [0.25, 0.3) is 0 Å². The van der Waals surface area contributed by atoms with Gasteiger partial charge in [-0.15, -0.1) is 6.42 Å². The molecule has 1 heterocycles. The Morgan fingerprint density at radius 2 is 1.42 bits per heavy atom. The fourth-order valence-corrected chi connectivity index (χ4v) is 1.78. The molecule has 0 amide bonds. The summed E-state index contributed by atoms with van der Waals surface area (Å²) in [7, 11) is 0. The van der Waals surface area contributed by atoms with Gasteiger partial charge in [0.25, 0.3) is 0 Å². The highest BCUT2D eigenvalue weighted by molar-refractivity contribution is 4.88. The first-order valence-corrected chi connectivity index (χ1v) is 5.09. The summed E-state index contributed by atoms with van der Waals surface area (Å²) in [6.45, 7) is 3.27. The molecule has 1 aliphatic rings. The predicted molar refractivity (Wildman–Crippen MR) is 53.0 cm³/mol. The van der Waals surface area contributed by atoms with Gasteiger partial charge in [-0.05, 0) is 25.9 Å². The lowest BCUT2D eigenvalue weighted by atomic mass is 10.1. The van der Waals surface area contributed by atoms with E-state index in [1.807, 2.05) is 0 Å². The van der Waals surface area contributed by atoms with Crippen molar-refractivity contribution in [3.05, 3.63) is 0 Å². The summed E-state index contributed by atoms with van der Waals surface area (Å²) in [4.78, 5) is 2.41. The Balaban J connectivity index is 2.24. The second-order valence-electron chi connectivity index (χ2n) is 3.60. The third-order valence-corrected chi connectivity index (χ3v) is 2.51. The molecule has 0 bridgehead atoms. The maximum atomic E-state index is 5.30. The molecule has 68 valence electrons. The Morgan fingerprint density at radius 1 is 0.917 bits per heavy atom. The van der Waals surface area contributed by atoms with Gasteiger partial charge in [0.1, 0.15) is 0 Å². The summed E-state index contributed by atoms with van der Waals surface area (Å²) in [5.41, 5.74) is 0. The molecule has 1 heteroatoms. The van der Waals surface area contributed by atoms with Crippen molar-refractivity contribution in [3.63, 3.8) is 0 Å². The maximum absolute atomic E-state index is 5.30. The standard InChI is InChI=1S/C11H19N/c1-2-9-12-10-7-5-3-4-6-8-11-12/h1H,3-11H2. The quantitative estimate of drug-likeness (QED) is 0.539. The molecule has 0 aromatic heterocycles. The van der Waals surface area contributed by atoms with Gasteiger partial charge in [0.05, 0.1) is 6.54 Å². The van der Waals surface area contributed by atoms with Crippen LogP contribution in [0, 0.1) is 12.3 Å². The van der Waals surface area contributed by atoms with E-state index in [0.717, 1.165) is 6.54 Å². The molecule has 1 nitrogen and oxygen atoms in total. The highest BCUT2D eigenvalue weighted by Crippen LogP contribution is 2.10. The van der Waals surface area contributed by atoms with Crippen LogP contribution in [0.2, 0.25) is 0 Å². The molecule has 0 atom stereocenters. The molecular weight excluding hydrogens is 146 g/mol. The zero-order valence-electron chi connectivity index (χ0n) is 7.89. The smallest absolute Gasteiger partial charge is 0.0598 e. The van der Waals surface area contributed by atoms with Crippen LogP contribution in [-0.2, 0) is 0 Å². The van der Waals surface area contributed by atoms with Crippen LogP contribution in [0.15, 0.2) is 0 Å². The van der Waals surface area contributed by atoms with Crippen LogP contribution >= 0.6 is 0 Å². The van der Waals surface area contributed by atoms with Crippen LogP contribution in [0.1, 0.15) is 38.5 Å². The van der Waals surface area contributed by atoms with Crippen molar-refractivity contribution in [2.24, 2.45) is 0 Å². The first-order valence-electron chi connectivity index (χ1n) is 5.09. The number of terminal acetylenes is 1. The summed E-state index contributed by atoms with van der Waals surface area (Å²) in [5, 5.41) is 0. The first-order chi connectivity index (χ1) is 5.93. The van der Waals surface area contributed by atoms with Gasteiger partial charge < -0.3 is 0 Å². The van der Waals surface area contributed by atoms with Crippen molar-refractivity contribution in [2.75, 3.05) is 19.6 Å². The molecule has 0 N–H and O–H groups in total. The highest BCUT2D eigenvalue weighted by atomic mass is 15.1. The van der Waals surface area contributed by atoms with E-state index in [1.165, 1.54) is 51.6 Å². The lowest BCUT2D eigenvalue weighted by Crippen LogP contribution is -2.26. The van der Waals surface area contributed by atoms with Crippen molar-refractivity contribution in [2.45, 2.75) is 38.5 Å². The average molecular weight is 165 g/mol. The van der Waals surface area contributed by atoms with E-state index in [9.17, 15) is 0 Å². The van der Waals surface area contributed by atoms with Gasteiger partial charge in [0.15, 0.2) is 0 Å². The molecule has 12 heavy (non-hydrogen) atoms. The molecule has 0 saturated carbocycles. The van der Waals surface area contributed by atoms with Crippen LogP contribution in [0.4, 0.5) is 0 Å². The lowest BCUT2D eigenvalue weighted by molar-refractivity contribution is 0.301. The molecule has 1 aliphatic heterocycles. The fraction of sp³-hybridized carbons (Fsp3) is 0.818. The molecule has 1 saturated heterocycles. The molecule has 0 radical (unpaired) electrons. The minimum Gasteiger partial charge on any atom is -0.292 e. The van der Waals surface area contributed by atoms with Crippen molar-refractivity contribution in [3.8, 4) is 12.3 Å². The molecule has 1 rings (SSSR count). The number of rotatable bonds is 1. The molecule has 0 aromatic rings. The monoisotopic (exact) mass is 165 g/mol. The van der Waals surface area contributed by atoms with E-state index in [4.69, 9.17) is 6.42 Å². The van der Waals surface area contributed by atoms with E-state index in [-0.39, 0.29) is 0 Å². The molecule has 0 aromatic carbocycles. The van der Waals surface area contributed by atoms with E-state index in [2.05, 4.69) is 10.8 Å². The van der Waals surface area contributed by atoms with Crippen LogP contribution in [0.3, 0.4) is 0 Å². The van der Waals surface area contributed by atoms with Crippen LogP contribution in [0.5, 0.6) is 0 Å². The average Bonchev–Trinajstić information content (AvgIpc) is 2.19. The second-order valence-corrected chi connectivity index (χ2v) is 3.60. The molecule has 1 fully saturated rings. The zero-order chi connectivity index (χ0) is 8.65. The lowest BCUT2D eigenvalue weighted by Gasteiger charge is -2.17. The van der Waals surface area contributed by atoms with E-state index >= 15 is 0 Å². The minimum atomic E-state index is 0.847. The Hall–Kier alpha value is -0.480. The Labute approximate surface area is 76.1 Å². The predicted octanol–water partition coefficient (Wildman–Crippen LogP) is 2.28. The third kappa shape index (κ3) is 3.78. The van der Waals surface area contributed by atoms with Crippen LogP contribution in [-0.4, -0.2) is 24.5 Å². The van der Waals surface area contributed by atoms with Gasteiger partial charge in [0, 0.05) is 0 Å². The summed E-state index contributed by atoms with van der Waals surface area (Å²) in [5.74, 6) is 2.73. The molecule has 0 unspecified atom stereocenters. The summed E-state index contributed by atoms with van der Waals surface area (Å²) >= 11 is 0. The van der Waals surface area contributed by atoms with Crippen molar-refractivity contribution < 1.29 is 0 Å².